The Morgan fingerprint density at radius 2 is 1.90 bits per heavy atom. The average Bonchev–Trinajstić information content (AvgIpc) is 3.18. The highest BCUT2D eigenvalue weighted by molar-refractivity contribution is 6.01. The molecule has 2 N–H and O–H groups in total. The van der Waals surface area contributed by atoms with Gasteiger partial charge in [0.05, 0.1) is 20.8 Å². The summed E-state index contributed by atoms with van der Waals surface area (Å²) in [7, 11) is 5.97. The molecule has 1 aromatic heterocycles. The van der Waals surface area contributed by atoms with E-state index in [1.807, 2.05) is 23.1 Å². The van der Waals surface area contributed by atoms with Gasteiger partial charge in [-0.05, 0) is 37.6 Å². The highest BCUT2D eigenvalue weighted by atomic mass is 16.5. The van der Waals surface area contributed by atoms with Gasteiger partial charge >= 0.3 is 5.69 Å². The van der Waals surface area contributed by atoms with E-state index in [4.69, 9.17) is 15.2 Å². The standard InChI is InChI=1S/C20H26N4O5/c1-22-18(21)17(19(26)23(2)20(22)27)15(25)11-24-9-5-6-14(24)13-10-12(28-3)7-8-16(13)29-4/h7-8,10,14H,5-6,9,11,21H2,1-4H3. The monoisotopic (exact) mass is 402 g/mol. The number of likely N-dealkylation sites (tertiary alicyclic amines) is 1. The molecule has 2 aromatic rings. The summed E-state index contributed by atoms with van der Waals surface area (Å²) >= 11 is 0. The lowest BCUT2D eigenvalue weighted by atomic mass is 10.0. The van der Waals surface area contributed by atoms with Crippen LogP contribution < -0.4 is 26.5 Å². The van der Waals surface area contributed by atoms with E-state index >= 15 is 0 Å². The third kappa shape index (κ3) is 3.65. The van der Waals surface area contributed by atoms with Crippen LogP contribution in [0.4, 0.5) is 5.82 Å². The van der Waals surface area contributed by atoms with Gasteiger partial charge in [0.15, 0.2) is 5.78 Å². The number of ether oxygens (including phenoxy) is 2. The Labute approximate surface area is 168 Å². The third-order valence-electron chi connectivity index (χ3n) is 5.49. The van der Waals surface area contributed by atoms with Gasteiger partial charge in [0, 0.05) is 25.7 Å². The molecule has 156 valence electrons. The van der Waals surface area contributed by atoms with E-state index in [0.717, 1.165) is 27.5 Å². The van der Waals surface area contributed by atoms with Crippen molar-refractivity contribution in [1.29, 1.82) is 0 Å². The zero-order valence-corrected chi connectivity index (χ0v) is 17.1. The minimum Gasteiger partial charge on any atom is -0.497 e. The summed E-state index contributed by atoms with van der Waals surface area (Å²) in [5.74, 6) is 0.896. The van der Waals surface area contributed by atoms with Gasteiger partial charge in [0.2, 0.25) is 0 Å². The number of benzene rings is 1. The topological polar surface area (TPSA) is 109 Å². The van der Waals surface area contributed by atoms with E-state index in [2.05, 4.69) is 0 Å². The molecule has 1 atom stereocenters. The summed E-state index contributed by atoms with van der Waals surface area (Å²) in [6.45, 7) is 0.714. The normalized spacial score (nSPS) is 16.8. The number of carbonyl (C=O) groups excluding carboxylic acids is 1. The number of hydrogen-bond donors (Lipinski definition) is 1. The van der Waals surface area contributed by atoms with E-state index in [0.29, 0.717) is 18.0 Å². The van der Waals surface area contributed by atoms with Crippen LogP contribution in [0.15, 0.2) is 27.8 Å². The van der Waals surface area contributed by atoms with Crippen molar-refractivity contribution in [1.82, 2.24) is 14.0 Å². The molecule has 29 heavy (non-hydrogen) atoms. The maximum atomic E-state index is 13.0. The molecule has 0 radical (unpaired) electrons. The van der Waals surface area contributed by atoms with E-state index in [1.165, 1.54) is 14.1 Å². The molecule has 1 aliphatic heterocycles. The minimum atomic E-state index is -0.676. The van der Waals surface area contributed by atoms with Crippen molar-refractivity contribution < 1.29 is 14.3 Å². The number of nitrogens with two attached hydrogens (primary N) is 1. The number of nitrogens with zero attached hydrogens (tertiary/aromatic N) is 3. The molecule has 1 aromatic carbocycles. The van der Waals surface area contributed by atoms with E-state index in [9.17, 15) is 14.4 Å². The predicted molar refractivity (Wildman–Crippen MR) is 109 cm³/mol. The molecule has 0 aliphatic carbocycles. The van der Waals surface area contributed by atoms with Crippen LogP contribution in [0.3, 0.4) is 0 Å². The van der Waals surface area contributed by atoms with Crippen molar-refractivity contribution in [2.24, 2.45) is 14.1 Å². The van der Waals surface area contributed by atoms with Gasteiger partial charge in [-0.15, -0.1) is 0 Å². The Morgan fingerprint density at radius 3 is 2.55 bits per heavy atom. The minimum absolute atomic E-state index is 0.0165. The van der Waals surface area contributed by atoms with Crippen LogP contribution in [0.1, 0.15) is 34.8 Å². The Kier molecular flexibility index (Phi) is 5.78. The molecule has 0 saturated carbocycles. The number of nitrogen functional groups attached to an aromatic ring is 1. The molecule has 1 aliphatic rings. The van der Waals surface area contributed by atoms with Crippen LogP contribution >= 0.6 is 0 Å². The maximum Gasteiger partial charge on any atom is 0.332 e. The SMILES string of the molecule is COc1ccc(OC)c(C2CCCN2CC(=O)c2c(N)n(C)c(=O)n(C)c2=O)c1. The lowest BCUT2D eigenvalue weighted by Gasteiger charge is -2.26. The number of rotatable bonds is 6. The first-order valence-electron chi connectivity index (χ1n) is 9.34. The maximum absolute atomic E-state index is 13.0. The smallest absolute Gasteiger partial charge is 0.332 e. The molecule has 9 nitrogen and oxygen atoms in total. The first-order valence-corrected chi connectivity index (χ1v) is 9.34. The molecule has 0 bridgehead atoms. The van der Waals surface area contributed by atoms with Gasteiger partial charge < -0.3 is 15.2 Å². The molecule has 9 heteroatoms. The Hall–Kier alpha value is -3.07. The van der Waals surface area contributed by atoms with Crippen molar-refractivity contribution in [3.8, 4) is 11.5 Å². The summed E-state index contributed by atoms with van der Waals surface area (Å²) < 4.78 is 12.8. The van der Waals surface area contributed by atoms with Crippen molar-refractivity contribution in [2.75, 3.05) is 33.0 Å². The number of aromatic nitrogens is 2. The zero-order chi connectivity index (χ0) is 21.3. The average molecular weight is 402 g/mol. The molecule has 1 unspecified atom stereocenters. The van der Waals surface area contributed by atoms with E-state index in [-0.39, 0.29) is 24.0 Å². The second kappa shape index (κ2) is 8.12. The summed E-state index contributed by atoms with van der Waals surface area (Å²) in [6.07, 6.45) is 1.75. The lowest BCUT2D eigenvalue weighted by molar-refractivity contribution is 0.0918. The van der Waals surface area contributed by atoms with Gasteiger partial charge in [-0.1, -0.05) is 0 Å². The Balaban J connectivity index is 1.95. The number of anilines is 1. The number of hydrogen-bond acceptors (Lipinski definition) is 7. The first kappa shape index (κ1) is 20.7. The number of carbonyl (C=O) groups is 1. The summed E-state index contributed by atoms with van der Waals surface area (Å²) in [5.41, 5.74) is 5.46. The van der Waals surface area contributed by atoms with Gasteiger partial charge in [0.25, 0.3) is 5.56 Å². The first-order chi connectivity index (χ1) is 13.8. The summed E-state index contributed by atoms with van der Waals surface area (Å²) in [4.78, 5) is 39.5. The number of methoxy groups -OCH3 is 2. The van der Waals surface area contributed by atoms with Crippen LogP contribution in [0, 0.1) is 0 Å². The Morgan fingerprint density at radius 1 is 1.17 bits per heavy atom. The molecule has 1 fully saturated rings. The summed E-state index contributed by atoms with van der Waals surface area (Å²) in [6, 6.07) is 5.52. The van der Waals surface area contributed by atoms with E-state index in [1.54, 1.807) is 14.2 Å². The number of Topliss-reactive ketones (excluding diaryl/α,β-unsaturated/α-hetero) is 1. The van der Waals surface area contributed by atoms with Gasteiger partial charge in [-0.25, -0.2) is 4.79 Å². The molecule has 3 rings (SSSR count). The molecule has 0 amide bonds. The van der Waals surface area contributed by atoms with Crippen LogP contribution in [-0.2, 0) is 14.1 Å². The fourth-order valence-electron chi connectivity index (χ4n) is 3.85. The third-order valence-corrected chi connectivity index (χ3v) is 5.49. The van der Waals surface area contributed by atoms with Crippen molar-refractivity contribution in [3.63, 3.8) is 0 Å². The fraction of sp³-hybridized carbons (Fsp3) is 0.450. The van der Waals surface area contributed by atoms with Gasteiger partial charge in [-0.3, -0.25) is 23.6 Å². The Bertz CT molecular complexity index is 1060. The van der Waals surface area contributed by atoms with Crippen molar-refractivity contribution in [2.45, 2.75) is 18.9 Å². The highest BCUT2D eigenvalue weighted by Crippen LogP contribution is 2.38. The van der Waals surface area contributed by atoms with Crippen LogP contribution in [0.25, 0.3) is 0 Å². The van der Waals surface area contributed by atoms with Crippen molar-refractivity contribution >= 4 is 11.6 Å². The van der Waals surface area contributed by atoms with Crippen molar-refractivity contribution in [3.05, 3.63) is 50.2 Å². The largest absolute Gasteiger partial charge is 0.497 e. The molecule has 1 saturated heterocycles. The van der Waals surface area contributed by atoms with Crippen LogP contribution in [0.5, 0.6) is 11.5 Å². The second-order valence-electron chi connectivity index (χ2n) is 7.13. The molecular formula is C20H26N4O5. The molecular weight excluding hydrogens is 376 g/mol. The predicted octanol–water partition coefficient (Wildman–Crippen LogP) is 0.703. The molecule has 0 spiro atoms. The zero-order valence-electron chi connectivity index (χ0n) is 17.1. The highest BCUT2D eigenvalue weighted by Gasteiger charge is 2.32. The summed E-state index contributed by atoms with van der Waals surface area (Å²) in [5, 5.41) is 0. The second-order valence-corrected chi connectivity index (χ2v) is 7.13. The quantitative estimate of drug-likeness (QED) is 0.709. The van der Waals surface area contributed by atoms with Crippen LogP contribution in [-0.4, -0.2) is 47.1 Å². The van der Waals surface area contributed by atoms with Gasteiger partial charge in [-0.2, -0.15) is 0 Å². The molecule has 2 heterocycles. The number of ketones is 1. The van der Waals surface area contributed by atoms with E-state index < -0.39 is 17.0 Å². The lowest BCUT2D eigenvalue weighted by Crippen LogP contribution is -2.43. The van der Waals surface area contributed by atoms with Crippen LogP contribution in [0.2, 0.25) is 0 Å². The fourth-order valence-corrected chi connectivity index (χ4v) is 3.85. The van der Waals surface area contributed by atoms with Gasteiger partial charge in [0.1, 0.15) is 22.9 Å².